The van der Waals surface area contributed by atoms with E-state index >= 15 is 0 Å². The van der Waals surface area contributed by atoms with E-state index in [0.717, 1.165) is 12.0 Å². The molecular formula is C16H22O4. The third-order valence-electron chi connectivity index (χ3n) is 4.10. The SMILES string of the molecule is CO[C@H]1C[C@@H](OCc2ccccc2)[C@H]2O[C@@H]1C(C)(C)O2. The van der Waals surface area contributed by atoms with Crippen LogP contribution in [0.3, 0.4) is 0 Å². The van der Waals surface area contributed by atoms with Crippen LogP contribution in [0.5, 0.6) is 0 Å². The smallest absolute Gasteiger partial charge is 0.185 e. The first-order chi connectivity index (χ1) is 9.60. The molecule has 0 aliphatic carbocycles. The first-order valence-corrected chi connectivity index (χ1v) is 7.12. The van der Waals surface area contributed by atoms with E-state index in [4.69, 9.17) is 18.9 Å². The summed E-state index contributed by atoms with van der Waals surface area (Å²) in [7, 11) is 1.72. The van der Waals surface area contributed by atoms with Crippen LogP contribution < -0.4 is 0 Å². The second-order valence-corrected chi connectivity index (χ2v) is 5.99. The van der Waals surface area contributed by atoms with E-state index < -0.39 is 0 Å². The Balaban J connectivity index is 1.66. The first-order valence-electron chi connectivity index (χ1n) is 7.12. The molecule has 20 heavy (non-hydrogen) atoms. The molecule has 2 aliphatic heterocycles. The van der Waals surface area contributed by atoms with Crippen molar-refractivity contribution in [3.8, 4) is 0 Å². The monoisotopic (exact) mass is 278 g/mol. The second-order valence-electron chi connectivity index (χ2n) is 5.99. The van der Waals surface area contributed by atoms with Crippen LogP contribution in [0.25, 0.3) is 0 Å². The standard InChI is InChI=1S/C16H22O4/c1-16(2)14-12(17-3)9-13(15(19-14)20-16)18-10-11-7-5-4-6-8-11/h4-8,12-15H,9-10H2,1-3H3/t12-,13+,14-,15-/m0/s1. The normalized spacial score (nSPS) is 35.1. The van der Waals surface area contributed by atoms with Crippen molar-refractivity contribution >= 4 is 0 Å². The van der Waals surface area contributed by atoms with E-state index in [1.807, 2.05) is 32.0 Å². The van der Waals surface area contributed by atoms with Gasteiger partial charge in [0.25, 0.3) is 0 Å². The molecule has 110 valence electrons. The average molecular weight is 278 g/mol. The lowest BCUT2D eigenvalue weighted by atomic mass is 9.93. The van der Waals surface area contributed by atoms with Gasteiger partial charge in [0.05, 0.1) is 18.3 Å². The van der Waals surface area contributed by atoms with Gasteiger partial charge < -0.3 is 18.9 Å². The Morgan fingerprint density at radius 2 is 1.95 bits per heavy atom. The molecule has 2 saturated heterocycles. The summed E-state index contributed by atoms with van der Waals surface area (Å²) in [6.45, 7) is 4.66. The number of rotatable bonds is 4. The van der Waals surface area contributed by atoms with Gasteiger partial charge in [-0.15, -0.1) is 0 Å². The molecule has 2 bridgehead atoms. The highest BCUT2D eigenvalue weighted by Gasteiger charge is 2.54. The Labute approximate surface area is 120 Å². The summed E-state index contributed by atoms with van der Waals surface area (Å²) in [4.78, 5) is 0. The zero-order valence-electron chi connectivity index (χ0n) is 12.2. The summed E-state index contributed by atoms with van der Waals surface area (Å²) in [6, 6.07) is 10.1. The van der Waals surface area contributed by atoms with Crippen LogP contribution in [0.2, 0.25) is 0 Å². The van der Waals surface area contributed by atoms with Gasteiger partial charge in [-0.3, -0.25) is 0 Å². The van der Waals surface area contributed by atoms with Crippen LogP contribution in [-0.2, 0) is 25.6 Å². The molecule has 0 radical (unpaired) electrons. The van der Waals surface area contributed by atoms with Crippen molar-refractivity contribution < 1.29 is 18.9 Å². The van der Waals surface area contributed by atoms with E-state index in [1.54, 1.807) is 7.11 Å². The fourth-order valence-corrected chi connectivity index (χ4v) is 3.01. The molecule has 0 saturated carbocycles. The molecule has 3 rings (SSSR count). The van der Waals surface area contributed by atoms with Crippen molar-refractivity contribution in [2.24, 2.45) is 0 Å². The Hall–Kier alpha value is -0.940. The summed E-state index contributed by atoms with van der Waals surface area (Å²) in [5, 5.41) is 0. The minimum Gasteiger partial charge on any atom is -0.379 e. The Kier molecular flexibility index (Phi) is 3.82. The van der Waals surface area contributed by atoms with E-state index in [0.29, 0.717) is 6.61 Å². The lowest BCUT2D eigenvalue weighted by Crippen LogP contribution is -2.47. The molecule has 2 heterocycles. The fourth-order valence-electron chi connectivity index (χ4n) is 3.01. The van der Waals surface area contributed by atoms with Gasteiger partial charge in [-0.1, -0.05) is 30.3 Å². The highest BCUT2D eigenvalue weighted by Crippen LogP contribution is 2.41. The zero-order valence-corrected chi connectivity index (χ0v) is 12.2. The fraction of sp³-hybridized carbons (Fsp3) is 0.625. The number of fused-ring (bicyclic) bond motifs is 2. The number of hydrogen-bond donors (Lipinski definition) is 0. The van der Waals surface area contributed by atoms with Crippen LogP contribution in [-0.4, -0.2) is 37.3 Å². The van der Waals surface area contributed by atoms with E-state index in [2.05, 4.69) is 12.1 Å². The molecule has 2 aliphatic rings. The molecule has 0 aromatic heterocycles. The van der Waals surface area contributed by atoms with Crippen molar-refractivity contribution in [3.05, 3.63) is 35.9 Å². The summed E-state index contributed by atoms with van der Waals surface area (Å²) >= 11 is 0. The topological polar surface area (TPSA) is 36.9 Å². The predicted octanol–water partition coefficient (Wildman–Crippen LogP) is 2.51. The number of benzene rings is 1. The molecule has 4 heteroatoms. The molecule has 0 spiro atoms. The minimum absolute atomic E-state index is 0.0181. The van der Waals surface area contributed by atoms with Gasteiger partial charge in [0, 0.05) is 13.5 Å². The maximum absolute atomic E-state index is 5.99. The van der Waals surface area contributed by atoms with Gasteiger partial charge >= 0.3 is 0 Å². The minimum atomic E-state index is -0.323. The van der Waals surface area contributed by atoms with Gasteiger partial charge in [-0.2, -0.15) is 0 Å². The number of methoxy groups -OCH3 is 1. The van der Waals surface area contributed by atoms with Crippen molar-refractivity contribution in [2.75, 3.05) is 7.11 Å². The lowest BCUT2D eigenvalue weighted by Gasteiger charge is -2.34. The van der Waals surface area contributed by atoms with Crippen LogP contribution >= 0.6 is 0 Å². The van der Waals surface area contributed by atoms with Gasteiger partial charge in [-0.25, -0.2) is 0 Å². The summed E-state index contributed by atoms with van der Waals surface area (Å²) in [5.41, 5.74) is 0.830. The Morgan fingerprint density at radius 1 is 1.20 bits per heavy atom. The van der Waals surface area contributed by atoms with Gasteiger partial charge in [0.2, 0.25) is 0 Å². The van der Waals surface area contributed by atoms with Crippen LogP contribution in [0.1, 0.15) is 25.8 Å². The predicted molar refractivity (Wildman–Crippen MR) is 74.3 cm³/mol. The summed E-state index contributed by atoms with van der Waals surface area (Å²) < 4.78 is 23.5. The van der Waals surface area contributed by atoms with Crippen molar-refractivity contribution in [3.63, 3.8) is 0 Å². The number of hydrogen-bond acceptors (Lipinski definition) is 4. The van der Waals surface area contributed by atoms with Gasteiger partial charge in [-0.05, 0) is 19.4 Å². The molecule has 0 unspecified atom stereocenters. The number of ether oxygens (including phenoxy) is 4. The Morgan fingerprint density at radius 3 is 2.65 bits per heavy atom. The molecule has 0 amide bonds. The molecule has 4 nitrogen and oxygen atoms in total. The molecule has 4 atom stereocenters. The van der Waals surface area contributed by atoms with E-state index in [-0.39, 0.29) is 30.2 Å². The maximum Gasteiger partial charge on any atom is 0.185 e. The van der Waals surface area contributed by atoms with Crippen molar-refractivity contribution in [2.45, 2.75) is 57.1 Å². The molecule has 2 fully saturated rings. The average Bonchev–Trinajstić information content (AvgIpc) is 2.72. The van der Waals surface area contributed by atoms with Crippen molar-refractivity contribution in [1.29, 1.82) is 0 Å². The lowest BCUT2D eigenvalue weighted by molar-refractivity contribution is -0.206. The third kappa shape index (κ3) is 2.61. The molecular weight excluding hydrogens is 256 g/mol. The van der Waals surface area contributed by atoms with Crippen LogP contribution in [0.4, 0.5) is 0 Å². The van der Waals surface area contributed by atoms with Gasteiger partial charge in [0.15, 0.2) is 6.29 Å². The third-order valence-corrected chi connectivity index (χ3v) is 4.10. The summed E-state index contributed by atoms with van der Waals surface area (Å²) in [5.74, 6) is 0. The highest BCUT2D eigenvalue weighted by molar-refractivity contribution is 5.13. The molecule has 0 N–H and O–H groups in total. The molecule has 1 aromatic carbocycles. The van der Waals surface area contributed by atoms with E-state index in [9.17, 15) is 0 Å². The second kappa shape index (κ2) is 5.45. The quantitative estimate of drug-likeness (QED) is 0.848. The van der Waals surface area contributed by atoms with E-state index in [1.165, 1.54) is 0 Å². The highest BCUT2D eigenvalue weighted by atomic mass is 16.8. The zero-order chi connectivity index (χ0) is 14.2. The van der Waals surface area contributed by atoms with Gasteiger partial charge in [0.1, 0.15) is 12.2 Å². The summed E-state index contributed by atoms with van der Waals surface area (Å²) in [6.07, 6.45) is 0.434. The first kappa shape index (κ1) is 14.0. The van der Waals surface area contributed by atoms with Crippen LogP contribution in [0.15, 0.2) is 30.3 Å². The maximum atomic E-state index is 5.99. The van der Waals surface area contributed by atoms with Crippen molar-refractivity contribution in [1.82, 2.24) is 0 Å². The molecule has 1 aromatic rings. The largest absolute Gasteiger partial charge is 0.379 e. The Bertz CT molecular complexity index is 445. The van der Waals surface area contributed by atoms with Crippen LogP contribution in [0, 0.1) is 0 Å².